The van der Waals surface area contributed by atoms with Crippen molar-refractivity contribution in [2.75, 3.05) is 19.7 Å². The highest BCUT2D eigenvalue weighted by molar-refractivity contribution is 5.36. The molecule has 6 heteroatoms. The summed E-state index contributed by atoms with van der Waals surface area (Å²) < 4.78 is 1.42. The Balaban J connectivity index is 2.18. The third-order valence-corrected chi connectivity index (χ3v) is 3.15. The van der Waals surface area contributed by atoms with Gasteiger partial charge in [-0.3, -0.25) is 14.8 Å². The maximum Gasteiger partial charge on any atom is 0.272 e. The fourth-order valence-electron chi connectivity index (χ4n) is 2.47. The summed E-state index contributed by atoms with van der Waals surface area (Å²) >= 11 is 0. The Morgan fingerprint density at radius 2 is 2.19 bits per heavy atom. The van der Waals surface area contributed by atoms with E-state index in [-0.39, 0.29) is 17.6 Å². The highest BCUT2D eigenvalue weighted by Gasteiger charge is 2.17. The van der Waals surface area contributed by atoms with Gasteiger partial charge in [0.1, 0.15) is 0 Å². The lowest BCUT2D eigenvalue weighted by atomic mass is 9.96. The second kappa shape index (κ2) is 6.41. The first kappa shape index (κ1) is 15.7. The molecule has 0 amide bonds. The third-order valence-electron chi connectivity index (χ3n) is 3.15. The molecule has 2 aromatic heterocycles. The topological polar surface area (TPSA) is 73.6 Å². The van der Waals surface area contributed by atoms with Crippen LogP contribution in [0, 0.1) is 5.41 Å². The number of H-pyrrole nitrogens is 1. The largest absolute Gasteiger partial charge is 0.396 e. The zero-order valence-electron chi connectivity index (χ0n) is 13.0. The van der Waals surface area contributed by atoms with E-state index in [4.69, 9.17) is 5.11 Å². The first-order valence-electron chi connectivity index (χ1n) is 7.28. The summed E-state index contributed by atoms with van der Waals surface area (Å²) in [6, 6.07) is 3.35. The molecule has 2 rings (SSSR count). The molecule has 21 heavy (non-hydrogen) atoms. The Kier molecular flexibility index (Phi) is 4.80. The minimum atomic E-state index is -0.0992. The quantitative estimate of drug-likeness (QED) is 0.840. The number of aliphatic hydroxyl groups is 1. The van der Waals surface area contributed by atoms with Crippen LogP contribution in [0.3, 0.4) is 0 Å². The Bertz CT molecular complexity index is 639. The molecule has 2 N–H and O–H groups in total. The molecule has 116 valence electrons. The lowest BCUT2D eigenvalue weighted by Gasteiger charge is -2.29. The summed E-state index contributed by atoms with van der Waals surface area (Å²) in [7, 11) is 0. The first-order valence-corrected chi connectivity index (χ1v) is 7.28. The van der Waals surface area contributed by atoms with Crippen molar-refractivity contribution in [3.63, 3.8) is 0 Å². The monoisotopic (exact) mass is 292 g/mol. The number of hydrogen-bond donors (Lipinski definition) is 2. The highest BCUT2D eigenvalue weighted by atomic mass is 16.3. The predicted octanol–water partition coefficient (Wildman–Crippen LogP) is 1.25. The van der Waals surface area contributed by atoms with Crippen molar-refractivity contribution in [2.24, 2.45) is 5.41 Å². The normalized spacial score (nSPS) is 12.4. The van der Waals surface area contributed by atoms with Crippen LogP contribution >= 0.6 is 0 Å². The molecule has 0 unspecified atom stereocenters. The fourth-order valence-corrected chi connectivity index (χ4v) is 2.47. The molecular formula is C15H24N4O2. The number of aromatic amines is 1. The van der Waals surface area contributed by atoms with Crippen molar-refractivity contribution in [2.45, 2.75) is 33.7 Å². The molecule has 0 radical (unpaired) electrons. The van der Waals surface area contributed by atoms with Crippen LogP contribution in [0.5, 0.6) is 0 Å². The molecule has 0 aromatic carbocycles. The molecule has 2 heterocycles. The van der Waals surface area contributed by atoms with E-state index in [1.807, 2.05) is 0 Å². The van der Waals surface area contributed by atoms with Crippen molar-refractivity contribution < 1.29 is 5.11 Å². The summed E-state index contributed by atoms with van der Waals surface area (Å²) in [5, 5.41) is 11.9. The number of nitrogens with zero attached hydrogens (tertiary/aromatic N) is 3. The number of aromatic nitrogens is 3. The molecule has 0 aliphatic heterocycles. The molecule has 0 saturated heterocycles. The van der Waals surface area contributed by atoms with E-state index in [0.29, 0.717) is 12.2 Å². The average Bonchev–Trinajstić information content (AvgIpc) is 2.83. The van der Waals surface area contributed by atoms with Gasteiger partial charge in [-0.25, -0.2) is 9.50 Å². The van der Waals surface area contributed by atoms with E-state index in [0.717, 1.165) is 25.2 Å². The van der Waals surface area contributed by atoms with Gasteiger partial charge in [0, 0.05) is 44.6 Å². The van der Waals surface area contributed by atoms with Gasteiger partial charge in [0.2, 0.25) is 0 Å². The maximum atomic E-state index is 12.0. The second-order valence-electron chi connectivity index (χ2n) is 6.59. The van der Waals surface area contributed by atoms with Crippen LogP contribution in [-0.4, -0.2) is 44.3 Å². The zero-order valence-corrected chi connectivity index (χ0v) is 13.0. The van der Waals surface area contributed by atoms with E-state index in [1.165, 1.54) is 4.52 Å². The van der Waals surface area contributed by atoms with Crippen LogP contribution in [0.25, 0.3) is 5.65 Å². The van der Waals surface area contributed by atoms with Gasteiger partial charge in [0.25, 0.3) is 5.56 Å². The van der Waals surface area contributed by atoms with E-state index in [2.05, 4.69) is 35.8 Å². The lowest BCUT2D eigenvalue weighted by molar-refractivity contribution is 0.164. The SMILES string of the molecule is CC(C)(C)CN(CCCO)Cc1cc(=O)n2[nH]ccc2n1. The van der Waals surface area contributed by atoms with E-state index in [1.54, 1.807) is 18.3 Å². The second-order valence-corrected chi connectivity index (χ2v) is 6.59. The molecule has 0 fully saturated rings. The van der Waals surface area contributed by atoms with E-state index in [9.17, 15) is 4.79 Å². The van der Waals surface area contributed by atoms with Crippen LogP contribution in [0.2, 0.25) is 0 Å². The van der Waals surface area contributed by atoms with Gasteiger partial charge in [0.05, 0.1) is 5.69 Å². The highest BCUT2D eigenvalue weighted by Crippen LogP contribution is 2.17. The van der Waals surface area contributed by atoms with Crippen LogP contribution in [0.4, 0.5) is 0 Å². The molecular weight excluding hydrogens is 268 g/mol. The number of rotatable bonds is 6. The van der Waals surface area contributed by atoms with Gasteiger partial charge in [-0.1, -0.05) is 20.8 Å². The zero-order chi connectivity index (χ0) is 15.5. The summed E-state index contributed by atoms with van der Waals surface area (Å²) in [6.07, 6.45) is 2.42. The number of aliphatic hydroxyl groups excluding tert-OH is 1. The Hall–Kier alpha value is -1.66. The Morgan fingerprint density at radius 1 is 1.43 bits per heavy atom. The molecule has 0 aliphatic rings. The minimum absolute atomic E-state index is 0.0992. The van der Waals surface area contributed by atoms with Gasteiger partial charge < -0.3 is 5.11 Å². The van der Waals surface area contributed by atoms with Gasteiger partial charge in [0.15, 0.2) is 5.65 Å². The van der Waals surface area contributed by atoms with Crippen molar-refractivity contribution in [3.05, 3.63) is 34.4 Å². The van der Waals surface area contributed by atoms with Crippen molar-refractivity contribution in [3.8, 4) is 0 Å². The molecule has 0 spiro atoms. The first-order chi connectivity index (χ1) is 9.89. The average molecular weight is 292 g/mol. The van der Waals surface area contributed by atoms with Crippen molar-refractivity contribution in [1.82, 2.24) is 19.5 Å². The van der Waals surface area contributed by atoms with Crippen LogP contribution in [-0.2, 0) is 6.54 Å². The number of nitrogens with one attached hydrogen (secondary N) is 1. The smallest absolute Gasteiger partial charge is 0.272 e. The van der Waals surface area contributed by atoms with Crippen LogP contribution in [0.1, 0.15) is 32.9 Å². The molecule has 0 aliphatic carbocycles. The Morgan fingerprint density at radius 3 is 2.86 bits per heavy atom. The van der Waals surface area contributed by atoms with Crippen LogP contribution in [0.15, 0.2) is 23.1 Å². The lowest BCUT2D eigenvalue weighted by Crippen LogP contribution is -2.34. The maximum absolute atomic E-state index is 12.0. The van der Waals surface area contributed by atoms with Crippen molar-refractivity contribution in [1.29, 1.82) is 0 Å². The van der Waals surface area contributed by atoms with Gasteiger partial charge >= 0.3 is 0 Å². The molecule has 6 nitrogen and oxygen atoms in total. The number of hydrogen-bond acceptors (Lipinski definition) is 4. The summed E-state index contributed by atoms with van der Waals surface area (Å²) in [4.78, 5) is 18.7. The van der Waals surface area contributed by atoms with Gasteiger partial charge in [-0.2, -0.15) is 0 Å². The predicted molar refractivity (Wildman–Crippen MR) is 82.2 cm³/mol. The minimum Gasteiger partial charge on any atom is -0.396 e. The fraction of sp³-hybridized carbons (Fsp3) is 0.600. The molecule has 0 bridgehead atoms. The molecule has 0 atom stereocenters. The number of fused-ring (bicyclic) bond motifs is 1. The van der Waals surface area contributed by atoms with Gasteiger partial charge in [-0.15, -0.1) is 0 Å². The third kappa shape index (κ3) is 4.41. The van der Waals surface area contributed by atoms with E-state index < -0.39 is 0 Å². The molecule has 2 aromatic rings. The summed E-state index contributed by atoms with van der Waals surface area (Å²) in [5.74, 6) is 0. The van der Waals surface area contributed by atoms with E-state index >= 15 is 0 Å². The standard InChI is InChI=1S/C15H24N4O2/c1-15(2,3)11-18(7-4-8-20)10-12-9-14(21)19-13(17-12)5-6-16-19/h5-6,9,16,20H,4,7-8,10-11H2,1-3H3. The molecule has 0 saturated carbocycles. The van der Waals surface area contributed by atoms with Crippen LogP contribution < -0.4 is 5.56 Å². The van der Waals surface area contributed by atoms with Crippen molar-refractivity contribution >= 4 is 5.65 Å². The van der Waals surface area contributed by atoms with Gasteiger partial charge in [-0.05, 0) is 11.8 Å². The Labute approximate surface area is 124 Å². The summed E-state index contributed by atoms with van der Waals surface area (Å²) in [6.45, 7) is 9.01. The summed E-state index contributed by atoms with van der Waals surface area (Å²) in [5.41, 5.74) is 1.46.